The standard InChI is InChI=1S/C15H16ClN3O/c1-20-12-4-3-11(7-12)19-14-6-10(9-17)2-5-13(14)18-15(19)8-16/h2,5-6,11-12H,3-4,7-8H2,1H3. The van der Waals surface area contributed by atoms with E-state index in [1.165, 1.54) is 0 Å². The Labute approximate surface area is 122 Å². The van der Waals surface area contributed by atoms with E-state index in [0.717, 1.165) is 36.1 Å². The van der Waals surface area contributed by atoms with E-state index in [2.05, 4.69) is 15.6 Å². The van der Waals surface area contributed by atoms with Crippen molar-refractivity contribution < 1.29 is 4.74 Å². The zero-order valence-electron chi connectivity index (χ0n) is 11.3. The van der Waals surface area contributed by atoms with Crippen molar-refractivity contribution in [3.8, 4) is 6.07 Å². The minimum absolute atomic E-state index is 0.305. The third-order valence-corrected chi connectivity index (χ3v) is 4.31. The summed E-state index contributed by atoms with van der Waals surface area (Å²) in [6.07, 6.45) is 3.40. The summed E-state index contributed by atoms with van der Waals surface area (Å²) >= 11 is 6.05. The van der Waals surface area contributed by atoms with Crippen molar-refractivity contribution in [3.05, 3.63) is 29.6 Å². The molecule has 1 aromatic carbocycles. The summed E-state index contributed by atoms with van der Waals surface area (Å²) in [4.78, 5) is 4.58. The summed E-state index contributed by atoms with van der Waals surface area (Å²) in [6, 6.07) is 8.13. The van der Waals surface area contributed by atoms with Gasteiger partial charge in [0.15, 0.2) is 0 Å². The van der Waals surface area contributed by atoms with Gasteiger partial charge in [0.1, 0.15) is 5.82 Å². The fraction of sp³-hybridized carbons (Fsp3) is 0.467. The van der Waals surface area contributed by atoms with E-state index < -0.39 is 0 Å². The molecular formula is C15H16ClN3O. The van der Waals surface area contributed by atoms with Gasteiger partial charge in [0, 0.05) is 13.2 Å². The fourth-order valence-electron chi connectivity index (χ4n) is 3.08. The van der Waals surface area contributed by atoms with E-state index in [0.29, 0.717) is 23.6 Å². The van der Waals surface area contributed by atoms with Crippen LogP contribution in [-0.4, -0.2) is 22.8 Å². The second-order valence-electron chi connectivity index (χ2n) is 5.17. The normalized spacial score (nSPS) is 22.2. The van der Waals surface area contributed by atoms with Gasteiger partial charge < -0.3 is 9.30 Å². The minimum Gasteiger partial charge on any atom is -0.381 e. The van der Waals surface area contributed by atoms with Gasteiger partial charge in [0.05, 0.1) is 34.7 Å². The number of aromatic nitrogens is 2. The van der Waals surface area contributed by atoms with E-state index >= 15 is 0 Å². The largest absolute Gasteiger partial charge is 0.381 e. The van der Waals surface area contributed by atoms with Gasteiger partial charge in [-0.2, -0.15) is 5.26 Å². The van der Waals surface area contributed by atoms with Crippen LogP contribution in [0.5, 0.6) is 0 Å². The quantitative estimate of drug-likeness (QED) is 0.814. The number of halogens is 1. The maximum Gasteiger partial charge on any atom is 0.125 e. The van der Waals surface area contributed by atoms with Crippen LogP contribution >= 0.6 is 11.6 Å². The molecule has 1 aliphatic carbocycles. The minimum atomic E-state index is 0.305. The van der Waals surface area contributed by atoms with Crippen LogP contribution in [0.3, 0.4) is 0 Å². The summed E-state index contributed by atoms with van der Waals surface area (Å²) in [6.45, 7) is 0. The van der Waals surface area contributed by atoms with Crippen molar-refractivity contribution >= 4 is 22.6 Å². The van der Waals surface area contributed by atoms with Crippen LogP contribution < -0.4 is 0 Å². The zero-order valence-corrected chi connectivity index (χ0v) is 12.1. The summed E-state index contributed by atoms with van der Waals surface area (Å²) in [5.74, 6) is 1.25. The summed E-state index contributed by atoms with van der Waals surface area (Å²) < 4.78 is 7.65. The number of fused-ring (bicyclic) bond motifs is 1. The van der Waals surface area contributed by atoms with Crippen LogP contribution in [0.4, 0.5) is 0 Å². The van der Waals surface area contributed by atoms with Crippen LogP contribution in [-0.2, 0) is 10.6 Å². The van der Waals surface area contributed by atoms with E-state index in [1.54, 1.807) is 13.2 Å². The Morgan fingerprint density at radius 3 is 3.00 bits per heavy atom. The van der Waals surface area contributed by atoms with Gasteiger partial charge in [-0.25, -0.2) is 4.98 Å². The number of imidazole rings is 1. The molecule has 0 amide bonds. The molecule has 2 atom stereocenters. The average Bonchev–Trinajstić information content (AvgIpc) is 3.09. The van der Waals surface area contributed by atoms with Crippen LogP contribution in [0.1, 0.15) is 36.7 Å². The molecule has 4 nitrogen and oxygen atoms in total. The first-order valence-corrected chi connectivity index (χ1v) is 7.30. The lowest BCUT2D eigenvalue weighted by Gasteiger charge is -2.16. The van der Waals surface area contributed by atoms with Gasteiger partial charge in [0.2, 0.25) is 0 Å². The van der Waals surface area contributed by atoms with E-state index in [4.69, 9.17) is 21.6 Å². The maximum atomic E-state index is 9.07. The number of nitrogens with zero attached hydrogens (tertiary/aromatic N) is 3. The highest BCUT2D eigenvalue weighted by Crippen LogP contribution is 2.35. The molecule has 1 saturated carbocycles. The lowest BCUT2D eigenvalue weighted by atomic mass is 10.2. The molecule has 0 radical (unpaired) electrons. The summed E-state index contributed by atoms with van der Waals surface area (Å²) in [5.41, 5.74) is 2.56. The second-order valence-corrected chi connectivity index (χ2v) is 5.44. The fourth-order valence-corrected chi connectivity index (χ4v) is 3.27. The Balaban J connectivity index is 2.10. The predicted molar refractivity (Wildman–Crippen MR) is 77.7 cm³/mol. The molecule has 1 fully saturated rings. The molecule has 20 heavy (non-hydrogen) atoms. The second kappa shape index (κ2) is 5.43. The van der Waals surface area contributed by atoms with Crippen molar-refractivity contribution in [3.63, 3.8) is 0 Å². The van der Waals surface area contributed by atoms with Gasteiger partial charge in [0.25, 0.3) is 0 Å². The molecule has 0 spiro atoms. The summed E-state index contributed by atoms with van der Waals surface area (Å²) in [7, 11) is 1.76. The number of rotatable bonds is 3. The Bertz CT molecular complexity index is 674. The Kier molecular flexibility index (Phi) is 3.64. The van der Waals surface area contributed by atoms with E-state index in [-0.39, 0.29) is 0 Å². The highest BCUT2D eigenvalue weighted by Gasteiger charge is 2.28. The molecule has 1 aliphatic rings. The van der Waals surface area contributed by atoms with Crippen LogP contribution in [0.25, 0.3) is 11.0 Å². The first kappa shape index (κ1) is 13.4. The molecule has 1 aromatic heterocycles. The first-order chi connectivity index (χ1) is 9.76. The average molecular weight is 290 g/mol. The van der Waals surface area contributed by atoms with Crippen molar-refractivity contribution in [1.82, 2.24) is 9.55 Å². The lowest BCUT2D eigenvalue weighted by Crippen LogP contribution is -2.11. The third-order valence-electron chi connectivity index (χ3n) is 4.07. The number of nitriles is 1. The van der Waals surface area contributed by atoms with Gasteiger partial charge in [-0.15, -0.1) is 11.6 Å². The zero-order chi connectivity index (χ0) is 14.1. The summed E-state index contributed by atoms with van der Waals surface area (Å²) in [5, 5.41) is 9.07. The lowest BCUT2D eigenvalue weighted by molar-refractivity contribution is 0.106. The van der Waals surface area contributed by atoms with Gasteiger partial charge in [-0.05, 0) is 37.5 Å². The van der Waals surface area contributed by atoms with E-state index in [9.17, 15) is 0 Å². The van der Waals surface area contributed by atoms with Crippen molar-refractivity contribution in [2.45, 2.75) is 37.3 Å². The van der Waals surface area contributed by atoms with Crippen LogP contribution in [0.2, 0.25) is 0 Å². The number of benzene rings is 1. The number of hydrogen-bond acceptors (Lipinski definition) is 3. The Morgan fingerprint density at radius 1 is 1.50 bits per heavy atom. The van der Waals surface area contributed by atoms with Gasteiger partial charge in [-0.1, -0.05) is 0 Å². The molecular weight excluding hydrogens is 274 g/mol. The molecule has 3 rings (SSSR count). The van der Waals surface area contributed by atoms with Crippen molar-refractivity contribution in [2.24, 2.45) is 0 Å². The van der Waals surface area contributed by atoms with Crippen LogP contribution in [0.15, 0.2) is 18.2 Å². The molecule has 2 aromatic rings. The monoisotopic (exact) mass is 289 g/mol. The number of methoxy groups -OCH3 is 1. The maximum absolute atomic E-state index is 9.07. The molecule has 0 saturated heterocycles. The Hall–Kier alpha value is -1.57. The number of hydrogen-bond donors (Lipinski definition) is 0. The van der Waals surface area contributed by atoms with E-state index in [1.807, 2.05) is 12.1 Å². The number of ether oxygens (including phenoxy) is 1. The molecule has 1 heterocycles. The molecule has 0 aliphatic heterocycles. The third kappa shape index (κ3) is 2.17. The SMILES string of the molecule is COC1CCC(n2c(CCl)nc3ccc(C#N)cc32)C1. The molecule has 2 unspecified atom stereocenters. The smallest absolute Gasteiger partial charge is 0.125 e. The molecule has 0 N–H and O–H groups in total. The highest BCUT2D eigenvalue weighted by atomic mass is 35.5. The molecule has 0 bridgehead atoms. The highest BCUT2D eigenvalue weighted by molar-refractivity contribution is 6.16. The topological polar surface area (TPSA) is 50.8 Å². The predicted octanol–water partition coefficient (Wildman–Crippen LogP) is 3.39. The van der Waals surface area contributed by atoms with Crippen LogP contribution in [0, 0.1) is 11.3 Å². The van der Waals surface area contributed by atoms with Gasteiger partial charge >= 0.3 is 0 Å². The first-order valence-electron chi connectivity index (χ1n) is 6.76. The number of alkyl halides is 1. The Morgan fingerprint density at radius 2 is 2.35 bits per heavy atom. The van der Waals surface area contributed by atoms with Gasteiger partial charge in [-0.3, -0.25) is 0 Å². The van der Waals surface area contributed by atoms with Crippen molar-refractivity contribution in [1.29, 1.82) is 5.26 Å². The van der Waals surface area contributed by atoms with Crippen molar-refractivity contribution in [2.75, 3.05) is 7.11 Å². The molecule has 104 valence electrons. The molecule has 5 heteroatoms.